The number of aromatic nitrogens is 1. The molecule has 0 aromatic carbocycles. The van der Waals surface area contributed by atoms with Crippen molar-refractivity contribution in [2.24, 2.45) is 11.7 Å². The molecule has 0 spiro atoms. The van der Waals surface area contributed by atoms with Crippen LogP contribution in [0.25, 0.3) is 0 Å². The van der Waals surface area contributed by atoms with Gasteiger partial charge in [-0.15, -0.1) is 0 Å². The SMILES string of the molecule is NC(=O)OCC1=C(C(=O)[O-])N2C(C(=O)C(=O)Sc3ccncc3)[C@H]3NCCC1[C@H]32.[Na+]. The van der Waals surface area contributed by atoms with Gasteiger partial charge in [0.2, 0.25) is 5.78 Å². The number of pyridine rings is 1. The van der Waals surface area contributed by atoms with E-state index in [1.807, 2.05) is 0 Å². The van der Waals surface area contributed by atoms with Gasteiger partial charge in [0.15, 0.2) is 0 Å². The predicted octanol–water partition coefficient (Wildman–Crippen LogP) is -4.58. The topological polar surface area (TPSA) is 155 Å². The Bertz CT molecular complexity index is 927. The van der Waals surface area contributed by atoms with E-state index in [2.05, 4.69) is 10.3 Å². The van der Waals surface area contributed by atoms with Crippen LogP contribution < -0.4 is 45.7 Å². The molecule has 30 heavy (non-hydrogen) atoms. The van der Waals surface area contributed by atoms with E-state index in [9.17, 15) is 24.3 Å². The Labute approximate surface area is 197 Å². The summed E-state index contributed by atoms with van der Waals surface area (Å²) in [7, 11) is 0. The van der Waals surface area contributed by atoms with Crippen molar-refractivity contribution in [1.29, 1.82) is 0 Å². The number of nitrogens with two attached hydrogens (primary N) is 1. The summed E-state index contributed by atoms with van der Waals surface area (Å²) in [5.41, 5.74) is 5.19. The van der Waals surface area contributed by atoms with Crippen LogP contribution in [-0.4, -0.2) is 64.1 Å². The summed E-state index contributed by atoms with van der Waals surface area (Å²) in [4.78, 5) is 54.2. The van der Waals surface area contributed by atoms with Crippen molar-refractivity contribution in [1.82, 2.24) is 15.2 Å². The van der Waals surface area contributed by atoms with Crippen LogP contribution in [0.1, 0.15) is 6.42 Å². The molecule has 3 aliphatic heterocycles. The standard InChI is InChI=1S/C18H18N4O6S.Na/c19-18(27)28-7-10-9-3-6-21-11-12(9)22(13(10)16(24)25)14(11)15(23)17(26)29-8-1-4-20-5-2-8;/h1-2,4-5,9,11-12,14,21H,3,6-7H2,(H2,19,27)(H,24,25);/q;+1/p-1/t9?,11-,12+,14?;/m0./s1. The summed E-state index contributed by atoms with van der Waals surface area (Å²) >= 11 is 0.771. The Morgan fingerprint density at radius 2 is 2.00 bits per heavy atom. The van der Waals surface area contributed by atoms with Crippen molar-refractivity contribution >= 4 is 34.7 Å². The number of thioether (sulfide) groups is 1. The van der Waals surface area contributed by atoms with Gasteiger partial charge in [0.05, 0.1) is 23.8 Å². The van der Waals surface area contributed by atoms with E-state index in [-0.39, 0.29) is 59.9 Å². The Morgan fingerprint density at radius 3 is 2.63 bits per heavy atom. The molecule has 0 bridgehead atoms. The molecule has 0 aliphatic carbocycles. The maximum atomic E-state index is 12.9. The predicted molar refractivity (Wildman–Crippen MR) is 97.0 cm³/mol. The number of primary amides is 1. The van der Waals surface area contributed by atoms with E-state index in [0.29, 0.717) is 23.4 Å². The van der Waals surface area contributed by atoms with Crippen molar-refractivity contribution in [3.05, 3.63) is 35.8 Å². The first-order valence-corrected chi connectivity index (χ1v) is 9.76. The number of amides is 1. The van der Waals surface area contributed by atoms with Gasteiger partial charge in [0.25, 0.3) is 5.12 Å². The number of piperidine rings is 1. The van der Waals surface area contributed by atoms with E-state index in [1.165, 1.54) is 17.3 Å². The molecule has 4 atom stereocenters. The van der Waals surface area contributed by atoms with Gasteiger partial charge in [-0.25, -0.2) is 4.79 Å². The van der Waals surface area contributed by atoms with Crippen molar-refractivity contribution in [3.8, 4) is 0 Å². The number of Topliss-reactive ketones (excluding diaryl/α,β-unsaturated/α-hetero) is 1. The van der Waals surface area contributed by atoms with E-state index < -0.39 is 29.0 Å². The molecule has 0 radical (unpaired) electrons. The molecule has 152 valence electrons. The number of carbonyl (C=O) groups is 4. The van der Waals surface area contributed by atoms with Gasteiger partial charge in [-0.1, -0.05) is 0 Å². The van der Waals surface area contributed by atoms with E-state index in [0.717, 1.165) is 11.8 Å². The van der Waals surface area contributed by atoms with Crippen LogP contribution in [0.3, 0.4) is 0 Å². The number of ether oxygens (including phenoxy) is 1. The molecule has 4 heterocycles. The molecule has 3 aliphatic rings. The van der Waals surface area contributed by atoms with Crippen LogP contribution in [-0.2, 0) is 19.1 Å². The number of carbonyl (C=O) groups excluding carboxylic acids is 4. The summed E-state index contributed by atoms with van der Waals surface area (Å²) in [6.07, 6.45) is 2.60. The molecule has 10 nitrogen and oxygen atoms in total. The minimum absolute atomic E-state index is 0. The minimum atomic E-state index is -1.48. The fraction of sp³-hybridized carbons (Fsp3) is 0.389. The van der Waals surface area contributed by atoms with Crippen molar-refractivity contribution in [2.45, 2.75) is 29.4 Å². The molecule has 0 saturated carbocycles. The fourth-order valence-corrected chi connectivity index (χ4v) is 5.11. The third-order valence-corrected chi connectivity index (χ3v) is 6.37. The number of ketones is 1. The third-order valence-electron chi connectivity index (χ3n) is 5.48. The molecule has 1 aromatic heterocycles. The second-order valence-corrected chi connectivity index (χ2v) is 7.97. The maximum absolute atomic E-state index is 12.9. The number of carboxylic acid groups (broad SMARTS) is 1. The monoisotopic (exact) mass is 440 g/mol. The normalized spacial score (nSPS) is 26.2. The average molecular weight is 440 g/mol. The number of hydrogen-bond acceptors (Lipinski definition) is 10. The largest absolute Gasteiger partial charge is 1.00 e. The molecule has 2 fully saturated rings. The number of nitrogens with zero attached hydrogens (tertiary/aromatic N) is 2. The Hall–Kier alpha value is -1.92. The number of carboxylic acids is 1. The molecule has 3 N–H and O–H groups in total. The summed E-state index contributed by atoms with van der Waals surface area (Å²) in [6.45, 7) is 0.249. The first kappa shape index (κ1) is 22.8. The van der Waals surface area contributed by atoms with Gasteiger partial charge in [-0.2, -0.15) is 0 Å². The van der Waals surface area contributed by atoms with Crippen LogP contribution in [0.5, 0.6) is 0 Å². The number of rotatable bonds is 6. The van der Waals surface area contributed by atoms with Crippen molar-refractivity contribution in [2.75, 3.05) is 13.2 Å². The zero-order valence-corrected chi connectivity index (χ0v) is 18.9. The zero-order chi connectivity index (χ0) is 20.7. The molecule has 2 unspecified atom stereocenters. The van der Waals surface area contributed by atoms with Crippen LogP contribution in [0.15, 0.2) is 40.7 Å². The minimum Gasteiger partial charge on any atom is -0.543 e. The van der Waals surface area contributed by atoms with E-state index >= 15 is 0 Å². The van der Waals surface area contributed by atoms with Crippen molar-refractivity contribution < 1.29 is 58.6 Å². The summed E-state index contributed by atoms with van der Waals surface area (Å²) in [5.74, 6) is -2.40. The Morgan fingerprint density at radius 1 is 1.30 bits per heavy atom. The average Bonchev–Trinajstić information content (AvgIpc) is 2.99. The second kappa shape index (κ2) is 9.06. The Kier molecular flexibility index (Phi) is 6.88. The van der Waals surface area contributed by atoms with E-state index in [1.54, 1.807) is 12.1 Å². The molecule has 4 rings (SSSR count). The van der Waals surface area contributed by atoms with E-state index in [4.69, 9.17) is 10.5 Å². The fourth-order valence-electron chi connectivity index (χ4n) is 4.41. The first-order chi connectivity index (χ1) is 13.9. The molecule has 12 heteroatoms. The second-order valence-electron chi connectivity index (χ2n) is 6.92. The maximum Gasteiger partial charge on any atom is 1.00 e. The molecule has 1 aromatic rings. The molecular weight excluding hydrogens is 423 g/mol. The van der Waals surface area contributed by atoms with Crippen LogP contribution >= 0.6 is 11.8 Å². The quantitative estimate of drug-likeness (QED) is 0.251. The van der Waals surface area contributed by atoms with Gasteiger partial charge >= 0.3 is 35.7 Å². The third kappa shape index (κ3) is 3.87. The van der Waals surface area contributed by atoms with Gasteiger partial charge < -0.3 is 30.6 Å². The number of hydrogen-bond donors (Lipinski definition) is 2. The van der Waals surface area contributed by atoms with Gasteiger partial charge in [0.1, 0.15) is 12.6 Å². The molecule has 1 amide bonds. The molecular formula is C18H17N4NaO6S. The Balaban J connectivity index is 0.00000256. The van der Waals surface area contributed by atoms with Gasteiger partial charge in [-0.3, -0.25) is 14.6 Å². The summed E-state index contributed by atoms with van der Waals surface area (Å²) in [5, 5.41) is 14.4. The zero-order valence-electron chi connectivity index (χ0n) is 16.1. The van der Waals surface area contributed by atoms with Crippen LogP contribution in [0, 0.1) is 5.92 Å². The molecule has 2 saturated heterocycles. The number of nitrogens with one attached hydrogen (secondary N) is 1. The van der Waals surface area contributed by atoms with Gasteiger partial charge in [0, 0.05) is 23.2 Å². The van der Waals surface area contributed by atoms with Gasteiger partial charge in [-0.05, 0) is 42.4 Å². The summed E-state index contributed by atoms with van der Waals surface area (Å²) < 4.78 is 4.83. The van der Waals surface area contributed by atoms with Crippen molar-refractivity contribution in [3.63, 3.8) is 0 Å². The van der Waals surface area contributed by atoms with Crippen LogP contribution in [0.4, 0.5) is 4.79 Å². The van der Waals surface area contributed by atoms with Crippen LogP contribution in [0.2, 0.25) is 0 Å². The smallest absolute Gasteiger partial charge is 0.543 e. The summed E-state index contributed by atoms with van der Waals surface area (Å²) in [6, 6.07) is 1.58. The number of aliphatic carboxylic acids is 1. The first-order valence-electron chi connectivity index (χ1n) is 8.94.